The van der Waals surface area contributed by atoms with E-state index in [9.17, 15) is 29.1 Å². The van der Waals surface area contributed by atoms with Crippen molar-refractivity contribution < 1.29 is 19.5 Å². The van der Waals surface area contributed by atoms with Crippen LogP contribution in [0.15, 0.2) is 27.3 Å². The Hall–Kier alpha value is -3.47. The second-order valence-electron chi connectivity index (χ2n) is 10.3. The van der Waals surface area contributed by atoms with Gasteiger partial charge in [-0.3, -0.25) is 33.3 Å². The summed E-state index contributed by atoms with van der Waals surface area (Å²) < 4.78 is 1.69. The zero-order valence-corrected chi connectivity index (χ0v) is 27.2. The number of hydrogen-bond donors (Lipinski definition) is 1. The molecule has 0 unspecified atom stereocenters. The molecule has 1 fully saturated rings. The number of carbonyl (C=O) groups is 3. The second kappa shape index (κ2) is 25.8. The Balaban J connectivity index is -0.000000358. The van der Waals surface area contributed by atoms with Crippen LogP contribution in [0.3, 0.4) is 0 Å². The molecule has 2 rings (SSSR count). The third kappa shape index (κ3) is 14.9. The predicted molar refractivity (Wildman–Crippen MR) is 189 cm³/mol. The van der Waals surface area contributed by atoms with Crippen LogP contribution in [-0.4, -0.2) is 80.5 Å². The standard InChI is InChI=1S/C15H16N4O6.C12H27N.C4H10.3CH4/c1-16-10(20)8(11(21)17(2)14(16)24)6-5-7-9-12(22)18(3)15(25)19(4)13(9)23;1-4-7-10-13(11-8-5-2)12-9-6-3;1-3-4-2;;;/h5-7,20H,1-4H3;4-12H2,1-3H3;3-4H2,1-2H3;3*1H4. The van der Waals surface area contributed by atoms with E-state index in [1.165, 1.54) is 111 Å². The van der Waals surface area contributed by atoms with Crippen molar-refractivity contribution in [3.63, 3.8) is 0 Å². The number of likely N-dealkylation sites (N-methyl/N-ethyl adjacent to an activating group) is 2. The first-order valence-electron chi connectivity index (χ1n) is 15.1. The Kier molecular flexibility index (Phi) is 27.8. The first-order chi connectivity index (χ1) is 19.9. The van der Waals surface area contributed by atoms with Crippen LogP contribution in [0.5, 0.6) is 5.88 Å². The second-order valence-corrected chi connectivity index (χ2v) is 10.3. The van der Waals surface area contributed by atoms with Gasteiger partial charge < -0.3 is 10.0 Å². The highest BCUT2D eigenvalue weighted by Gasteiger charge is 2.37. The van der Waals surface area contributed by atoms with Crippen LogP contribution in [0.25, 0.3) is 6.08 Å². The number of imide groups is 2. The van der Waals surface area contributed by atoms with Crippen molar-refractivity contribution in [2.45, 2.75) is 108 Å². The number of nitrogens with zero attached hydrogens (tertiary/aromatic N) is 5. The van der Waals surface area contributed by atoms with Crippen LogP contribution in [0.1, 0.15) is 114 Å². The predicted octanol–water partition coefficient (Wildman–Crippen LogP) is 6.18. The van der Waals surface area contributed by atoms with Crippen molar-refractivity contribution in [1.29, 1.82) is 0 Å². The van der Waals surface area contributed by atoms with Gasteiger partial charge >= 0.3 is 11.7 Å². The number of carbonyl (C=O) groups excluding carboxylic acids is 3. The van der Waals surface area contributed by atoms with Gasteiger partial charge in [0.25, 0.3) is 17.4 Å². The number of aromatic hydroxyl groups is 1. The minimum Gasteiger partial charge on any atom is -0.494 e. The van der Waals surface area contributed by atoms with Crippen molar-refractivity contribution in [1.82, 2.24) is 23.8 Å². The van der Waals surface area contributed by atoms with Gasteiger partial charge in [0.05, 0.1) is 0 Å². The molecule has 0 aliphatic carbocycles. The van der Waals surface area contributed by atoms with Gasteiger partial charge in [-0.05, 0) is 51.0 Å². The molecule has 11 nitrogen and oxygen atoms in total. The lowest BCUT2D eigenvalue weighted by molar-refractivity contribution is -0.134. The van der Waals surface area contributed by atoms with Crippen molar-refractivity contribution >= 4 is 23.9 Å². The summed E-state index contributed by atoms with van der Waals surface area (Å²) in [6.45, 7) is 15.1. The molecule has 1 aliphatic heterocycles. The molecule has 1 N–H and O–H groups in total. The number of allylic oxidation sites excluding steroid dienone is 2. The smallest absolute Gasteiger partial charge is 0.333 e. The lowest BCUT2D eigenvalue weighted by atomic mass is 10.1. The maximum absolute atomic E-state index is 12.0. The maximum Gasteiger partial charge on any atom is 0.333 e. The number of unbranched alkanes of at least 4 members (excludes halogenated alkanes) is 4. The SMILES string of the molecule is C.C.C.CCCC.CCCCN(CCCC)CCCC.CN1C(=O)C(=CC=Cc2c(O)n(C)c(=O)n(C)c2=O)C(=O)N(C)C1=O. The third-order valence-corrected chi connectivity index (χ3v) is 6.82. The number of barbiturate groups is 1. The van der Waals surface area contributed by atoms with E-state index in [1.807, 2.05) is 0 Å². The van der Waals surface area contributed by atoms with E-state index in [0.29, 0.717) is 0 Å². The van der Waals surface area contributed by atoms with Gasteiger partial charge in [0.2, 0.25) is 5.88 Å². The fourth-order valence-corrected chi connectivity index (χ4v) is 3.72. The van der Waals surface area contributed by atoms with E-state index >= 15 is 0 Å². The summed E-state index contributed by atoms with van der Waals surface area (Å²) in [4.78, 5) is 63.6. The summed E-state index contributed by atoms with van der Waals surface area (Å²) in [5, 5.41) is 9.93. The fourth-order valence-electron chi connectivity index (χ4n) is 3.72. The Morgan fingerprint density at radius 1 is 0.644 bits per heavy atom. The maximum atomic E-state index is 12.0. The number of aromatic nitrogens is 2. The molecule has 1 saturated heterocycles. The van der Waals surface area contributed by atoms with Crippen molar-refractivity contribution in [2.75, 3.05) is 33.7 Å². The topological polar surface area (TPSA) is 125 Å². The minimum absolute atomic E-state index is 0. The average molecular weight is 640 g/mol. The molecule has 262 valence electrons. The van der Waals surface area contributed by atoms with E-state index in [4.69, 9.17) is 0 Å². The molecule has 0 radical (unpaired) electrons. The van der Waals surface area contributed by atoms with E-state index in [0.717, 1.165) is 25.0 Å². The monoisotopic (exact) mass is 639 g/mol. The molecule has 0 spiro atoms. The van der Waals surface area contributed by atoms with Crippen LogP contribution in [0.2, 0.25) is 0 Å². The molecule has 4 amide bonds. The van der Waals surface area contributed by atoms with Crippen LogP contribution >= 0.6 is 0 Å². The summed E-state index contributed by atoms with van der Waals surface area (Å²) in [7, 11) is 5.01. The normalized spacial score (nSPS) is 12.5. The van der Waals surface area contributed by atoms with Gasteiger partial charge in [-0.2, -0.15) is 0 Å². The summed E-state index contributed by atoms with van der Waals surface area (Å²) in [5.41, 5.74) is -1.89. The Bertz CT molecular complexity index is 1150. The lowest BCUT2D eigenvalue weighted by Crippen LogP contribution is -2.52. The Morgan fingerprint density at radius 3 is 1.40 bits per heavy atom. The quantitative estimate of drug-likeness (QED) is 0.214. The van der Waals surface area contributed by atoms with E-state index in [2.05, 4.69) is 39.5 Å². The van der Waals surface area contributed by atoms with Crippen molar-refractivity contribution in [2.24, 2.45) is 14.1 Å². The van der Waals surface area contributed by atoms with Gasteiger partial charge in [0.1, 0.15) is 11.1 Å². The molecule has 0 aromatic carbocycles. The fraction of sp³-hybridized carbons (Fsp3) is 0.676. The van der Waals surface area contributed by atoms with Gasteiger partial charge in [0, 0.05) is 28.2 Å². The van der Waals surface area contributed by atoms with Crippen LogP contribution in [0.4, 0.5) is 4.79 Å². The van der Waals surface area contributed by atoms with Gasteiger partial charge in [-0.25, -0.2) is 9.59 Å². The summed E-state index contributed by atoms with van der Waals surface area (Å²) in [6.07, 6.45) is 14.2. The first kappa shape index (κ1) is 48.4. The van der Waals surface area contributed by atoms with Crippen LogP contribution < -0.4 is 11.2 Å². The minimum atomic E-state index is -0.782. The van der Waals surface area contributed by atoms with E-state index in [-0.39, 0.29) is 33.4 Å². The molecule has 0 atom stereocenters. The zero-order chi connectivity index (χ0) is 32.4. The van der Waals surface area contributed by atoms with E-state index in [1.54, 1.807) is 0 Å². The molecule has 1 aromatic rings. The summed E-state index contributed by atoms with van der Waals surface area (Å²) in [6, 6.07) is -0.749. The Morgan fingerprint density at radius 2 is 1.04 bits per heavy atom. The summed E-state index contributed by atoms with van der Waals surface area (Å²) >= 11 is 0. The van der Waals surface area contributed by atoms with Gasteiger partial charge in [-0.1, -0.05) is 95.1 Å². The Labute approximate surface area is 273 Å². The number of rotatable bonds is 12. The average Bonchev–Trinajstić information content (AvgIpc) is 3.00. The molecule has 11 heteroatoms. The van der Waals surface area contributed by atoms with Crippen molar-refractivity contribution in [3.05, 3.63) is 44.1 Å². The molecule has 1 aromatic heterocycles. The molecule has 45 heavy (non-hydrogen) atoms. The summed E-state index contributed by atoms with van der Waals surface area (Å²) in [5.74, 6) is -2.11. The zero-order valence-electron chi connectivity index (χ0n) is 27.2. The molecule has 1 aliphatic rings. The molecule has 0 saturated carbocycles. The molecule has 2 heterocycles. The van der Waals surface area contributed by atoms with Gasteiger partial charge in [-0.15, -0.1) is 0 Å². The van der Waals surface area contributed by atoms with E-state index < -0.39 is 35.0 Å². The van der Waals surface area contributed by atoms with Crippen LogP contribution in [0, 0.1) is 0 Å². The number of urea groups is 1. The third-order valence-electron chi connectivity index (χ3n) is 6.82. The van der Waals surface area contributed by atoms with Gasteiger partial charge in [0.15, 0.2) is 0 Å². The highest BCUT2D eigenvalue weighted by atomic mass is 16.3. The number of hydrogen-bond acceptors (Lipinski definition) is 7. The highest BCUT2D eigenvalue weighted by Crippen LogP contribution is 2.16. The first-order valence-corrected chi connectivity index (χ1v) is 15.1. The molecular weight excluding hydrogens is 574 g/mol. The lowest BCUT2D eigenvalue weighted by Gasteiger charge is -2.28. The molecular formula is C34H65N5O6. The largest absolute Gasteiger partial charge is 0.494 e. The molecule has 0 bridgehead atoms. The van der Waals surface area contributed by atoms with Crippen LogP contribution in [-0.2, 0) is 23.7 Å². The number of amides is 4. The highest BCUT2D eigenvalue weighted by molar-refractivity contribution is 6.28. The van der Waals surface area contributed by atoms with Crippen molar-refractivity contribution in [3.8, 4) is 5.88 Å².